The Morgan fingerprint density at radius 3 is 2.37 bits per heavy atom. The lowest BCUT2D eigenvalue weighted by Crippen LogP contribution is -2.21. The summed E-state index contributed by atoms with van der Waals surface area (Å²) >= 11 is 0. The van der Waals surface area contributed by atoms with Crippen LogP contribution < -0.4 is 4.74 Å². The number of ether oxygens (including phenoxy) is 1. The van der Waals surface area contributed by atoms with E-state index in [1.165, 1.54) is 0 Å². The second-order valence-corrected chi connectivity index (χ2v) is 6.74. The Labute approximate surface area is 159 Å². The van der Waals surface area contributed by atoms with E-state index in [-0.39, 0.29) is 0 Å². The molecule has 0 aliphatic carbocycles. The second kappa shape index (κ2) is 7.65. The highest BCUT2D eigenvalue weighted by atomic mass is 16.5. The highest BCUT2D eigenvalue weighted by Crippen LogP contribution is 2.31. The lowest BCUT2D eigenvalue weighted by atomic mass is 9.96. The molecule has 0 fully saturated rings. The number of hydrogen-bond acceptors (Lipinski definition) is 4. The minimum atomic E-state index is -1.01. The summed E-state index contributed by atoms with van der Waals surface area (Å²) in [5.41, 5.74) is 2.88. The largest absolute Gasteiger partial charge is 0.497 e. The molecule has 0 radical (unpaired) electrons. The van der Waals surface area contributed by atoms with Crippen LogP contribution in [0.3, 0.4) is 0 Å². The van der Waals surface area contributed by atoms with E-state index in [1.54, 1.807) is 26.2 Å². The van der Waals surface area contributed by atoms with Crippen LogP contribution in [0.15, 0.2) is 54.6 Å². The summed E-state index contributed by atoms with van der Waals surface area (Å²) in [4.78, 5) is 0. The highest BCUT2D eigenvalue weighted by molar-refractivity contribution is 5.64. The van der Waals surface area contributed by atoms with Crippen LogP contribution in [0, 0.1) is 11.3 Å². The first-order valence-corrected chi connectivity index (χ1v) is 8.96. The molecule has 1 N–H and O–H groups in total. The summed E-state index contributed by atoms with van der Waals surface area (Å²) in [6.45, 7) is 3.83. The fraction of sp³-hybridized carbons (Fsp3) is 0.273. The van der Waals surface area contributed by atoms with Gasteiger partial charge in [0.25, 0.3) is 0 Å². The predicted octanol–water partition coefficient (Wildman–Crippen LogP) is 4.43. The molecular formula is C22H23N3O2. The van der Waals surface area contributed by atoms with Crippen molar-refractivity contribution in [1.82, 2.24) is 9.78 Å². The van der Waals surface area contributed by atoms with Gasteiger partial charge in [-0.3, -0.25) is 0 Å². The number of aromatic nitrogens is 2. The number of rotatable bonds is 6. The molecule has 0 saturated carbocycles. The van der Waals surface area contributed by atoms with E-state index in [0.29, 0.717) is 17.7 Å². The molecule has 3 aromatic rings. The molecule has 0 aliphatic heterocycles. The van der Waals surface area contributed by atoms with Gasteiger partial charge in [0.2, 0.25) is 0 Å². The van der Waals surface area contributed by atoms with Gasteiger partial charge >= 0.3 is 0 Å². The van der Waals surface area contributed by atoms with Crippen LogP contribution in [0.4, 0.5) is 0 Å². The molecule has 5 nitrogen and oxygen atoms in total. The van der Waals surface area contributed by atoms with E-state index in [4.69, 9.17) is 15.1 Å². The summed E-state index contributed by atoms with van der Waals surface area (Å²) in [6.07, 6.45) is 1.48. The maximum Gasteiger partial charge on any atom is 0.119 e. The first kappa shape index (κ1) is 18.7. The van der Waals surface area contributed by atoms with Crippen molar-refractivity contribution in [2.75, 3.05) is 7.11 Å². The summed E-state index contributed by atoms with van der Waals surface area (Å²) in [5.74, 6) is 0.768. The monoisotopic (exact) mass is 361 g/mol. The molecule has 5 heteroatoms. The topological polar surface area (TPSA) is 71.1 Å². The van der Waals surface area contributed by atoms with Gasteiger partial charge < -0.3 is 9.84 Å². The molecule has 1 unspecified atom stereocenters. The Morgan fingerprint density at radius 1 is 1.15 bits per heavy atom. The quantitative estimate of drug-likeness (QED) is 0.705. The normalized spacial score (nSPS) is 13.0. The van der Waals surface area contributed by atoms with E-state index in [2.05, 4.69) is 6.07 Å². The molecule has 27 heavy (non-hydrogen) atoms. The van der Waals surface area contributed by atoms with Gasteiger partial charge in [0.15, 0.2) is 0 Å². The number of aliphatic hydroxyl groups is 1. The maximum atomic E-state index is 10.8. The summed E-state index contributed by atoms with van der Waals surface area (Å²) in [5, 5.41) is 24.6. The van der Waals surface area contributed by atoms with Gasteiger partial charge in [-0.1, -0.05) is 25.5 Å². The van der Waals surface area contributed by atoms with E-state index in [1.807, 2.05) is 54.1 Å². The molecule has 1 atom stereocenters. The lowest BCUT2D eigenvalue weighted by molar-refractivity contribution is 0.0421. The van der Waals surface area contributed by atoms with Gasteiger partial charge in [-0.05, 0) is 55.8 Å². The highest BCUT2D eigenvalue weighted by Gasteiger charge is 2.27. The van der Waals surface area contributed by atoms with Crippen molar-refractivity contribution in [2.45, 2.75) is 32.3 Å². The standard InChI is InChI=1S/C22H23N3O2/c1-4-13-22(2,26)21-14-20(17-7-5-16(15-23)6-8-17)25(24-21)18-9-11-19(27-3)12-10-18/h5-12,14,26H,4,13H2,1-3H3. The van der Waals surface area contributed by atoms with E-state index >= 15 is 0 Å². The van der Waals surface area contributed by atoms with Crippen molar-refractivity contribution >= 4 is 0 Å². The maximum absolute atomic E-state index is 10.8. The molecule has 0 saturated heterocycles. The summed E-state index contributed by atoms with van der Waals surface area (Å²) < 4.78 is 7.06. The fourth-order valence-corrected chi connectivity index (χ4v) is 3.10. The van der Waals surface area contributed by atoms with Crippen LogP contribution in [-0.2, 0) is 5.60 Å². The predicted molar refractivity (Wildman–Crippen MR) is 105 cm³/mol. The summed E-state index contributed by atoms with van der Waals surface area (Å²) in [6, 6.07) is 19.0. The second-order valence-electron chi connectivity index (χ2n) is 6.74. The number of benzene rings is 2. The Hall–Kier alpha value is -3.10. The van der Waals surface area contributed by atoms with E-state index in [0.717, 1.165) is 29.1 Å². The van der Waals surface area contributed by atoms with Crippen LogP contribution >= 0.6 is 0 Å². The van der Waals surface area contributed by atoms with Crippen LogP contribution in [0.5, 0.6) is 5.75 Å². The number of hydrogen-bond donors (Lipinski definition) is 1. The van der Waals surface area contributed by atoms with Crippen molar-refractivity contribution in [2.24, 2.45) is 0 Å². The van der Waals surface area contributed by atoms with Crippen LogP contribution in [0.2, 0.25) is 0 Å². The zero-order valence-electron chi connectivity index (χ0n) is 15.8. The van der Waals surface area contributed by atoms with Gasteiger partial charge in [-0.2, -0.15) is 10.4 Å². The van der Waals surface area contributed by atoms with Gasteiger partial charge in [0.05, 0.1) is 35.8 Å². The molecule has 0 spiro atoms. The van der Waals surface area contributed by atoms with E-state index < -0.39 is 5.60 Å². The van der Waals surface area contributed by atoms with Gasteiger partial charge in [-0.15, -0.1) is 0 Å². The van der Waals surface area contributed by atoms with Crippen molar-refractivity contribution in [1.29, 1.82) is 5.26 Å². The molecule has 2 aromatic carbocycles. The molecule has 1 heterocycles. The van der Waals surface area contributed by atoms with Crippen LogP contribution in [0.1, 0.15) is 37.9 Å². The van der Waals surface area contributed by atoms with Crippen LogP contribution in [0.25, 0.3) is 16.9 Å². The Kier molecular flexibility index (Phi) is 5.29. The molecule has 0 aliphatic rings. The molecule has 1 aromatic heterocycles. The Morgan fingerprint density at radius 2 is 1.81 bits per heavy atom. The van der Waals surface area contributed by atoms with Crippen molar-refractivity contribution < 1.29 is 9.84 Å². The van der Waals surface area contributed by atoms with Crippen molar-refractivity contribution in [3.8, 4) is 28.8 Å². The molecule has 0 amide bonds. The van der Waals surface area contributed by atoms with Gasteiger partial charge in [0, 0.05) is 5.56 Å². The third kappa shape index (κ3) is 3.86. The first-order chi connectivity index (χ1) is 13.0. The average molecular weight is 361 g/mol. The zero-order chi connectivity index (χ0) is 19.4. The number of nitriles is 1. The molecule has 0 bridgehead atoms. The SMILES string of the molecule is CCCC(C)(O)c1cc(-c2ccc(C#N)cc2)n(-c2ccc(OC)cc2)n1. The van der Waals surface area contributed by atoms with Crippen LogP contribution in [-0.4, -0.2) is 22.0 Å². The van der Waals surface area contributed by atoms with E-state index in [9.17, 15) is 5.11 Å². The van der Waals surface area contributed by atoms with Crippen molar-refractivity contribution in [3.63, 3.8) is 0 Å². The third-order valence-corrected chi connectivity index (χ3v) is 4.62. The fourth-order valence-electron chi connectivity index (χ4n) is 3.10. The van der Waals surface area contributed by atoms with Gasteiger partial charge in [0.1, 0.15) is 11.4 Å². The molecule has 138 valence electrons. The molecule has 3 rings (SSSR count). The minimum Gasteiger partial charge on any atom is -0.497 e. The first-order valence-electron chi connectivity index (χ1n) is 8.96. The minimum absolute atomic E-state index is 0.604. The van der Waals surface area contributed by atoms with Gasteiger partial charge in [-0.25, -0.2) is 4.68 Å². The Balaban J connectivity index is 2.13. The summed E-state index contributed by atoms with van der Waals surface area (Å²) in [7, 11) is 1.63. The smallest absolute Gasteiger partial charge is 0.119 e. The van der Waals surface area contributed by atoms with Crippen molar-refractivity contribution in [3.05, 3.63) is 65.9 Å². The average Bonchev–Trinajstić information content (AvgIpc) is 3.14. The lowest BCUT2D eigenvalue weighted by Gasteiger charge is -2.19. The number of nitrogens with zero attached hydrogens (tertiary/aromatic N) is 3. The zero-order valence-corrected chi connectivity index (χ0v) is 15.8. The number of methoxy groups -OCH3 is 1. The third-order valence-electron chi connectivity index (χ3n) is 4.62. The Bertz CT molecular complexity index is 949. The molecular weight excluding hydrogens is 338 g/mol.